The molecule has 2 heterocycles. The number of nitrogens with one attached hydrogen (secondary N) is 2. The summed E-state index contributed by atoms with van der Waals surface area (Å²) in [5.74, 6) is 2.45. The van der Waals surface area contributed by atoms with E-state index >= 15 is 0 Å². The van der Waals surface area contributed by atoms with Crippen molar-refractivity contribution in [2.75, 3.05) is 33.9 Å². The van der Waals surface area contributed by atoms with Gasteiger partial charge in [-0.3, -0.25) is 9.69 Å². The Bertz CT molecular complexity index is 895. The van der Waals surface area contributed by atoms with Gasteiger partial charge in [0.05, 0.1) is 14.2 Å². The van der Waals surface area contributed by atoms with E-state index in [-0.39, 0.29) is 35.8 Å². The summed E-state index contributed by atoms with van der Waals surface area (Å²) < 4.78 is 16.1. The Morgan fingerprint density at radius 1 is 1.25 bits per heavy atom. The van der Waals surface area contributed by atoms with Crippen molar-refractivity contribution < 1.29 is 18.7 Å². The first-order valence-corrected chi connectivity index (χ1v) is 10.4. The van der Waals surface area contributed by atoms with E-state index in [0.717, 1.165) is 55.6 Å². The van der Waals surface area contributed by atoms with Crippen LogP contribution in [0.5, 0.6) is 11.5 Å². The minimum absolute atomic E-state index is 0. The molecule has 0 aliphatic carbocycles. The standard InChI is InChI=1S/C22H31N5O4.HI/c1-4-24-22(25-12-17-5-6-20(31-17)21(23)28)26-16-7-8-27(14-16)13-15-9-18(29-2)11-19(10-15)30-3;/h5-6,9-11,16H,4,7-8,12-14H2,1-3H3,(H2,23,28)(H2,24,25,26);1H. The van der Waals surface area contributed by atoms with Gasteiger partial charge in [-0.25, -0.2) is 4.99 Å². The van der Waals surface area contributed by atoms with Gasteiger partial charge in [0.2, 0.25) is 0 Å². The van der Waals surface area contributed by atoms with Gasteiger partial charge in [0, 0.05) is 38.3 Å². The molecule has 176 valence electrons. The van der Waals surface area contributed by atoms with Crippen molar-refractivity contribution in [3.63, 3.8) is 0 Å². The molecule has 1 atom stereocenters. The third kappa shape index (κ3) is 7.30. The molecular weight excluding hydrogens is 525 g/mol. The van der Waals surface area contributed by atoms with Crippen LogP contribution in [-0.4, -0.2) is 56.7 Å². The lowest BCUT2D eigenvalue weighted by molar-refractivity contribution is 0.0972. The zero-order valence-electron chi connectivity index (χ0n) is 18.7. The molecule has 0 bridgehead atoms. The smallest absolute Gasteiger partial charge is 0.284 e. The van der Waals surface area contributed by atoms with E-state index in [0.29, 0.717) is 12.3 Å². The number of nitrogens with zero attached hydrogens (tertiary/aromatic N) is 2. The number of rotatable bonds is 9. The van der Waals surface area contributed by atoms with Crippen molar-refractivity contribution in [3.05, 3.63) is 47.4 Å². The van der Waals surface area contributed by atoms with E-state index in [1.54, 1.807) is 26.4 Å². The van der Waals surface area contributed by atoms with Gasteiger partial charge in [-0.2, -0.15) is 0 Å². The van der Waals surface area contributed by atoms with Gasteiger partial charge < -0.3 is 30.3 Å². The van der Waals surface area contributed by atoms with Crippen molar-refractivity contribution in [1.29, 1.82) is 0 Å². The van der Waals surface area contributed by atoms with Gasteiger partial charge >= 0.3 is 0 Å². The number of furan rings is 1. The highest BCUT2D eigenvalue weighted by Gasteiger charge is 2.23. The number of hydrogen-bond donors (Lipinski definition) is 3. The summed E-state index contributed by atoms with van der Waals surface area (Å²) in [6.07, 6.45) is 1.01. The van der Waals surface area contributed by atoms with E-state index in [4.69, 9.17) is 19.6 Å². The van der Waals surface area contributed by atoms with Crippen LogP contribution in [0.15, 0.2) is 39.7 Å². The number of ether oxygens (including phenoxy) is 2. The summed E-state index contributed by atoms with van der Waals surface area (Å²) in [6.45, 7) is 5.79. The summed E-state index contributed by atoms with van der Waals surface area (Å²) in [7, 11) is 3.32. The number of aliphatic imine (C=N–C) groups is 1. The fourth-order valence-electron chi connectivity index (χ4n) is 3.58. The summed E-state index contributed by atoms with van der Waals surface area (Å²) in [4.78, 5) is 18.1. The van der Waals surface area contributed by atoms with Gasteiger partial charge in [0.15, 0.2) is 11.7 Å². The Morgan fingerprint density at radius 2 is 1.97 bits per heavy atom. The van der Waals surface area contributed by atoms with E-state index < -0.39 is 5.91 Å². The summed E-state index contributed by atoms with van der Waals surface area (Å²) in [6, 6.07) is 9.52. The first-order chi connectivity index (χ1) is 15.0. The van der Waals surface area contributed by atoms with Crippen LogP contribution in [0.4, 0.5) is 0 Å². The second kappa shape index (κ2) is 12.5. The van der Waals surface area contributed by atoms with E-state index in [1.807, 2.05) is 25.1 Å². The molecule has 1 aromatic heterocycles. The van der Waals surface area contributed by atoms with Gasteiger partial charge in [-0.1, -0.05) is 0 Å². The SMILES string of the molecule is CCNC(=NCc1ccc(C(N)=O)o1)NC1CCN(Cc2cc(OC)cc(OC)c2)C1.I. The molecule has 1 fully saturated rings. The molecule has 1 saturated heterocycles. The summed E-state index contributed by atoms with van der Waals surface area (Å²) in [5, 5.41) is 6.75. The second-order valence-electron chi connectivity index (χ2n) is 7.41. The van der Waals surface area contributed by atoms with Crippen LogP contribution in [0.3, 0.4) is 0 Å². The predicted octanol–water partition coefficient (Wildman–Crippen LogP) is 2.34. The van der Waals surface area contributed by atoms with Crippen LogP contribution < -0.4 is 25.8 Å². The number of benzene rings is 1. The lowest BCUT2D eigenvalue weighted by Gasteiger charge is -2.19. The van der Waals surface area contributed by atoms with Gasteiger partial charge in [-0.05, 0) is 43.2 Å². The number of hydrogen-bond acceptors (Lipinski definition) is 6. The van der Waals surface area contributed by atoms with Crippen LogP contribution in [0.1, 0.15) is 35.2 Å². The van der Waals surface area contributed by atoms with Crippen LogP contribution in [0, 0.1) is 0 Å². The van der Waals surface area contributed by atoms with E-state index in [9.17, 15) is 4.79 Å². The summed E-state index contributed by atoms with van der Waals surface area (Å²) >= 11 is 0. The second-order valence-corrected chi connectivity index (χ2v) is 7.41. The zero-order chi connectivity index (χ0) is 22.2. The third-order valence-electron chi connectivity index (χ3n) is 5.07. The van der Waals surface area contributed by atoms with Crippen molar-refractivity contribution in [2.45, 2.75) is 32.5 Å². The average molecular weight is 557 g/mol. The molecule has 1 aromatic carbocycles. The number of carbonyl (C=O) groups is 1. The Labute approximate surface area is 205 Å². The van der Waals surface area contributed by atoms with E-state index in [2.05, 4.69) is 20.5 Å². The number of primary amides is 1. The highest BCUT2D eigenvalue weighted by Crippen LogP contribution is 2.24. The minimum atomic E-state index is -0.583. The highest BCUT2D eigenvalue weighted by molar-refractivity contribution is 14.0. The molecule has 1 amide bonds. The van der Waals surface area contributed by atoms with Gasteiger partial charge in [0.25, 0.3) is 5.91 Å². The number of methoxy groups -OCH3 is 2. The first-order valence-electron chi connectivity index (χ1n) is 10.4. The molecule has 1 aliphatic heterocycles. The Balaban J connectivity index is 0.00000363. The Morgan fingerprint density at radius 3 is 2.56 bits per heavy atom. The lowest BCUT2D eigenvalue weighted by Crippen LogP contribution is -2.44. The maximum Gasteiger partial charge on any atom is 0.284 e. The monoisotopic (exact) mass is 557 g/mol. The molecule has 1 unspecified atom stereocenters. The third-order valence-corrected chi connectivity index (χ3v) is 5.07. The number of likely N-dealkylation sites (tertiary alicyclic amines) is 1. The maximum absolute atomic E-state index is 11.2. The Hall–Kier alpha value is -2.47. The number of guanidine groups is 1. The van der Waals surface area contributed by atoms with E-state index in [1.165, 1.54) is 0 Å². The van der Waals surface area contributed by atoms with Crippen molar-refractivity contribution >= 4 is 35.8 Å². The highest BCUT2D eigenvalue weighted by atomic mass is 127. The van der Waals surface area contributed by atoms with Crippen LogP contribution >= 0.6 is 24.0 Å². The molecule has 1 aliphatic rings. The van der Waals surface area contributed by atoms with Crippen LogP contribution in [-0.2, 0) is 13.1 Å². The molecule has 2 aromatic rings. The fourth-order valence-corrected chi connectivity index (χ4v) is 3.58. The molecule has 0 saturated carbocycles. The van der Waals surface area contributed by atoms with Gasteiger partial charge in [0.1, 0.15) is 23.8 Å². The maximum atomic E-state index is 11.2. The predicted molar refractivity (Wildman–Crippen MR) is 134 cm³/mol. The molecule has 10 heteroatoms. The number of carbonyl (C=O) groups excluding carboxylic acids is 1. The minimum Gasteiger partial charge on any atom is -0.497 e. The van der Waals surface area contributed by atoms with Crippen LogP contribution in [0.2, 0.25) is 0 Å². The number of nitrogens with two attached hydrogens (primary N) is 1. The lowest BCUT2D eigenvalue weighted by atomic mass is 10.2. The average Bonchev–Trinajstić information content (AvgIpc) is 3.41. The van der Waals surface area contributed by atoms with Crippen molar-refractivity contribution in [1.82, 2.24) is 15.5 Å². The summed E-state index contributed by atoms with van der Waals surface area (Å²) in [5.41, 5.74) is 6.38. The number of halogens is 1. The zero-order valence-corrected chi connectivity index (χ0v) is 21.1. The molecule has 32 heavy (non-hydrogen) atoms. The molecule has 0 radical (unpaired) electrons. The largest absolute Gasteiger partial charge is 0.497 e. The fraction of sp³-hybridized carbons (Fsp3) is 0.455. The number of amides is 1. The van der Waals surface area contributed by atoms with Crippen molar-refractivity contribution in [2.24, 2.45) is 10.7 Å². The van der Waals surface area contributed by atoms with Crippen molar-refractivity contribution in [3.8, 4) is 11.5 Å². The molecular formula is C22H32IN5O4. The normalized spacial score (nSPS) is 16.3. The molecule has 3 rings (SSSR count). The quantitative estimate of drug-likeness (QED) is 0.247. The van der Waals surface area contributed by atoms with Crippen LogP contribution in [0.25, 0.3) is 0 Å². The first kappa shape index (κ1) is 25.8. The molecule has 0 spiro atoms. The topological polar surface area (TPSA) is 114 Å². The Kier molecular flexibility index (Phi) is 10.1. The van der Waals surface area contributed by atoms with Gasteiger partial charge in [-0.15, -0.1) is 24.0 Å². The molecule has 9 nitrogen and oxygen atoms in total. The molecule has 4 N–H and O–H groups in total.